The fourth-order valence-corrected chi connectivity index (χ4v) is 3.23. The molecule has 0 saturated heterocycles. The maximum atomic E-state index is 9.75. The zero-order chi connectivity index (χ0) is 30.6. The van der Waals surface area contributed by atoms with Crippen LogP contribution < -0.4 is 0 Å². The number of aromatic nitrogens is 12. The molecule has 0 aliphatic heterocycles. The van der Waals surface area contributed by atoms with E-state index in [2.05, 4.69) is 30.6 Å². The minimum Gasteiger partial charge on any atom is -0.418 e. The summed E-state index contributed by atoms with van der Waals surface area (Å²) in [4.78, 5) is 0. The van der Waals surface area contributed by atoms with Gasteiger partial charge in [-0.25, -0.2) is 28.1 Å². The van der Waals surface area contributed by atoms with Gasteiger partial charge in [0.05, 0.1) is 0 Å². The molecule has 0 radical (unpaired) electrons. The van der Waals surface area contributed by atoms with Crippen LogP contribution in [0.1, 0.15) is 12.6 Å². The van der Waals surface area contributed by atoms with E-state index in [9.17, 15) is 34.5 Å². The normalized spacial score (nSPS) is 11.0. The van der Waals surface area contributed by atoms with Crippen molar-refractivity contribution in [2.24, 2.45) is 0 Å². The molecule has 12 nitrogen and oxygen atoms in total. The van der Waals surface area contributed by atoms with Crippen LogP contribution in [0.25, 0.3) is 0 Å². The van der Waals surface area contributed by atoms with Crippen molar-refractivity contribution >= 4 is 14.5 Å². The van der Waals surface area contributed by atoms with E-state index in [1.807, 2.05) is 73.6 Å². The molecular weight excluding hydrogens is 638 g/mol. The fraction of sp³-hybridized carbons (Fsp3) is 0.100. The first-order valence-corrected chi connectivity index (χ1v) is 11.6. The van der Waals surface area contributed by atoms with Gasteiger partial charge in [-0.2, -0.15) is 30.6 Å². The molecule has 0 bridgehead atoms. The molecule has 0 unspecified atom stereocenters. The molecule has 0 spiro atoms. The van der Waals surface area contributed by atoms with E-state index in [-0.39, 0.29) is 29.6 Å². The van der Waals surface area contributed by atoms with Gasteiger partial charge in [0, 0.05) is 74.4 Å². The summed E-state index contributed by atoms with van der Waals surface area (Å²) in [5.74, 6) is 0. The van der Waals surface area contributed by atoms with E-state index >= 15 is 0 Å². The fourth-order valence-electron chi connectivity index (χ4n) is 3.23. The van der Waals surface area contributed by atoms with Crippen molar-refractivity contribution in [1.29, 1.82) is 0 Å². The second kappa shape index (κ2) is 16.1. The van der Waals surface area contributed by atoms with Gasteiger partial charge in [0.15, 0.2) is 0 Å². The van der Waals surface area contributed by atoms with Crippen LogP contribution in [0.4, 0.5) is 34.5 Å². The van der Waals surface area contributed by atoms with Crippen molar-refractivity contribution in [3.8, 4) is 0 Å². The van der Waals surface area contributed by atoms with Gasteiger partial charge in [-0.15, -0.1) is 0 Å². The van der Waals surface area contributed by atoms with Crippen LogP contribution >= 0.6 is 0 Å². The van der Waals surface area contributed by atoms with Crippen molar-refractivity contribution in [2.45, 2.75) is 12.6 Å². The zero-order valence-corrected chi connectivity index (χ0v) is 22.5. The average molecular weight is 658 g/mol. The SMILES string of the molecule is F[B-](F)(F)F.F[B-](F)(F)F.[Fe+2].c1cnn(C(n2cccn2)n2cccn2)c1.c1cnn(C(n2cccn2)n2cccn2)c1. The van der Waals surface area contributed by atoms with Crippen molar-refractivity contribution in [1.82, 2.24) is 58.7 Å². The molecule has 0 aliphatic rings. The van der Waals surface area contributed by atoms with E-state index in [4.69, 9.17) is 0 Å². The third-order valence-electron chi connectivity index (χ3n) is 4.57. The van der Waals surface area contributed by atoms with Gasteiger partial charge in [-0.05, 0) is 36.4 Å². The Bertz CT molecular complexity index is 1180. The van der Waals surface area contributed by atoms with Gasteiger partial charge in [0.25, 0.3) is 0 Å². The molecule has 0 aromatic carbocycles. The summed E-state index contributed by atoms with van der Waals surface area (Å²) in [6, 6.07) is 11.2. The first-order chi connectivity index (χ1) is 19.9. The predicted octanol–water partition coefficient (Wildman–Crippen LogP) is 4.26. The quantitative estimate of drug-likeness (QED) is 0.196. The molecule has 6 heterocycles. The Hall–Kier alpha value is -4.65. The molecule has 0 aliphatic carbocycles. The first kappa shape index (κ1) is 34.6. The Balaban J connectivity index is 0.000000226. The van der Waals surface area contributed by atoms with E-state index in [0.717, 1.165) is 0 Å². The Morgan fingerprint density at radius 1 is 0.349 bits per heavy atom. The maximum Gasteiger partial charge on any atom is 2.00 e. The molecule has 6 aromatic heterocycles. The first-order valence-electron chi connectivity index (χ1n) is 11.6. The number of hydrogen-bond donors (Lipinski definition) is 0. The molecule has 23 heteroatoms. The van der Waals surface area contributed by atoms with Crippen LogP contribution in [0.5, 0.6) is 0 Å². The summed E-state index contributed by atoms with van der Waals surface area (Å²) in [7, 11) is -12.0. The van der Waals surface area contributed by atoms with Gasteiger partial charge in [-0.1, -0.05) is 0 Å². The van der Waals surface area contributed by atoms with E-state index in [1.165, 1.54) is 0 Å². The van der Waals surface area contributed by atoms with E-state index in [1.54, 1.807) is 65.3 Å². The number of rotatable bonds is 6. The molecule has 43 heavy (non-hydrogen) atoms. The summed E-state index contributed by atoms with van der Waals surface area (Å²) >= 11 is 0. The topological polar surface area (TPSA) is 107 Å². The smallest absolute Gasteiger partial charge is 0.418 e. The van der Waals surface area contributed by atoms with Crippen LogP contribution in [0, 0.1) is 0 Å². The second-order valence-electron chi connectivity index (χ2n) is 7.60. The third-order valence-corrected chi connectivity index (χ3v) is 4.57. The third kappa shape index (κ3) is 12.4. The van der Waals surface area contributed by atoms with Gasteiger partial charge < -0.3 is 34.5 Å². The van der Waals surface area contributed by atoms with Crippen molar-refractivity contribution in [3.63, 3.8) is 0 Å². The molecule has 6 aromatic rings. The van der Waals surface area contributed by atoms with Crippen LogP contribution in [0.3, 0.4) is 0 Å². The largest absolute Gasteiger partial charge is 2.00 e. The average Bonchev–Trinajstić information content (AvgIpc) is 3.72. The van der Waals surface area contributed by atoms with Crippen molar-refractivity contribution in [3.05, 3.63) is 111 Å². The van der Waals surface area contributed by atoms with Gasteiger partial charge in [0.1, 0.15) is 0 Å². The van der Waals surface area contributed by atoms with Crippen molar-refractivity contribution in [2.75, 3.05) is 0 Å². The molecule has 0 saturated carbocycles. The number of halogens is 8. The molecule has 230 valence electrons. The summed E-state index contributed by atoms with van der Waals surface area (Å²) < 4.78 is 88.8. The Morgan fingerprint density at radius 3 is 0.581 bits per heavy atom. The van der Waals surface area contributed by atoms with Crippen LogP contribution in [-0.2, 0) is 17.1 Å². The molecule has 6 rings (SSSR count). The second-order valence-corrected chi connectivity index (χ2v) is 7.60. The number of nitrogens with zero attached hydrogens (tertiary/aromatic N) is 12. The number of hydrogen-bond acceptors (Lipinski definition) is 6. The monoisotopic (exact) mass is 658 g/mol. The van der Waals surface area contributed by atoms with Gasteiger partial charge in [-0.3, -0.25) is 0 Å². The van der Waals surface area contributed by atoms with Crippen LogP contribution in [0.2, 0.25) is 0 Å². The summed E-state index contributed by atoms with van der Waals surface area (Å²) in [6.45, 7) is 0. The molecule has 0 N–H and O–H groups in total. The Labute approximate surface area is 248 Å². The molecule has 0 atom stereocenters. The molecule has 0 amide bonds. The minimum absolute atomic E-state index is 0. The standard InChI is InChI=1S/2C10H10N6.2BF4.Fe/c2*1-4-11-14(7-1)10(15-8-2-5-12-15)16-9-3-6-13-16;2*2-1(3,4)5;/h2*1-10H;;;/q;;2*-1;+2. The van der Waals surface area contributed by atoms with Gasteiger partial charge >= 0.3 is 31.6 Å². The van der Waals surface area contributed by atoms with Crippen molar-refractivity contribution < 1.29 is 51.6 Å². The zero-order valence-electron chi connectivity index (χ0n) is 21.4. The van der Waals surface area contributed by atoms with Crippen LogP contribution in [0.15, 0.2) is 111 Å². The Kier molecular flexibility index (Phi) is 12.9. The minimum atomic E-state index is -6.00. The molecular formula is C20H20B2F8FeN12. The van der Waals surface area contributed by atoms with E-state index < -0.39 is 14.5 Å². The Morgan fingerprint density at radius 2 is 0.488 bits per heavy atom. The van der Waals surface area contributed by atoms with E-state index in [0.29, 0.717) is 0 Å². The predicted molar refractivity (Wildman–Crippen MR) is 133 cm³/mol. The maximum absolute atomic E-state index is 9.75. The summed E-state index contributed by atoms with van der Waals surface area (Å²) in [6.07, 6.45) is 21.3. The van der Waals surface area contributed by atoms with Gasteiger partial charge in [0.2, 0.25) is 12.6 Å². The summed E-state index contributed by atoms with van der Waals surface area (Å²) in [5, 5.41) is 25.3. The summed E-state index contributed by atoms with van der Waals surface area (Å²) in [5.41, 5.74) is 0. The molecule has 0 fully saturated rings. The van der Waals surface area contributed by atoms with Crippen LogP contribution in [-0.4, -0.2) is 73.2 Å².